The monoisotopic (exact) mass is 466 g/mol. The lowest BCUT2D eigenvalue weighted by Gasteiger charge is -2.35. The maximum Gasteiger partial charge on any atom is 0.214 e. The number of sulfonamides is 1. The number of nitrogens with one attached hydrogen (secondary N) is 2. The lowest BCUT2D eigenvalue weighted by molar-refractivity contribution is -0.109. The van der Waals surface area contributed by atoms with Crippen molar-refractivity contribution in [1.82, 2.24) is 10.0 Å². The van der Waals surface area contributed by atoms with Crippen LogP contribution in [0, 0.1) is 6.92 Å². The quantitative estimate of drug-likeness (QED) is 0.515. The minimum atomic E-state index is -3.31. The smallest absolute Gasteiger partial charge is 0.214 e. The molecule has 1 saturated carbocycles. The van der Waals surface area contributed by atoms with Gasteiger partial charge < -0.3 is 14.8 Å². The first-order valence-electron chi connectivity index (χ1n) is 11.8. The van der Waals surface area contributed by atoms with Crippen molar-refractivity contribution in [1.29, 1.82) is 0 Å². The Morgan fingerprint density at radius 2 is 1.94 bits per heavy atom. The highest BCUT2D eigenvalue weighted by Crippen LogP contribution is 2.39. The molecule has 1 aromatic rings. The molecule has 0 bridgehead atoms. The number of hydrogen-bond acceptors (Lipinski definition) is 6. The molecule has 1 aliphatic heterocycles. The maximum atomic E-state index is 12.3. The minimum Gasteiger partial charge on any atom is -0.486 e. The number of piperidine rings is 1. The van der Waals surface area contributed by atoms with Crippen LogP contribution in [0.25, 0.3) is 0 Å². The first-order chi connectivity index (χ1) is 15.3. The minimum absolute atomic E-state index is 0.00452. The summed E-state index contributed by atoms with van der Waals surface area (Å²) in [5, 5.41) is 3.00. The van der Waals surface area contributed by atoms with Crippen LogP contribution in [-0.2, 0) is 19.6 Å². The summed E-state index contributed by atoms with van der Waals surface area (Å²) in [6, 6.07) is 6.01. The average Bonchev–Trinajstić information content (AvgIpc) is 2.77. The van der Waals surface area contributed by atoms with Gasteiger partial charge in [-0.3, -0.25) is 4.79 Å². The van der Waals surface area contributed by atoms with E-state index in [0.717, 1.165) is 57.1 Å². The maximum absolute atomic E-state index is 12.3. The van der Waals surface area contributed by atoms with E-state index in [1.54, 1.807) is 13.8 Å². The standard InChI is InChI=1S/C24H38N2O5S/c1-17(2)32(28,29)26-22-5-4-12-25-23(22)16-31-20-9-7-19(8-10-20)21-15-18(3)6-11-24(21)30-14-13-27/h6,11,13,15,17,19-20,22-23,25-26H,4-5,7-10,12,14,16H2,1-3H3/t19?,20?,22-,23-/m0/s1. The normalized spacial score (nSPS) is 26.8. The molecule has 1 aliphatic carbocycles. The van der Waals surface area contributed by atoms with Crippen LogP contribution in [0.3, 0.4) is 0 Å². The Balaban J connectivity index is 1.53. The molecule has 0 unspecified atom stereocenters. The predicted octanol–water partition coefficient (Wildman–Crippen LogP) is 3.06. The molecule has 180 valence electrons. The number of aldehydes is 1. The third kappa shape index (κ3) is 6.76. The summed E-state index contributed by atoms with van der Waals surface area (Å²) in [5.41, 5.74) is 2.37. The Bertz CT molecular complexity index is 850. The fourth-order valence-corrected chi connectivity index (χ4v) is 5.61. The van der Waals surface area contributed by atoms with Crippen molar-refractivity contribution in [2.24, 2.45) is 0 Å². The van der Waals surface area contributed by atoms with Gasteiger partial charge in [-0.1, -0.05) is 17.7 Å². The summed E-state index contributed by atoms with van der Waals surface area (Å²) in [6.07, 6.45) is 6.68. The predicted molar refractivity (Wildman–Crippen MR) is 126 cm³/mol. The largest absolute Gasteiger partial charge is 0.486 e. The van der Waals surface area contributed by atoms with Crippen LogP contribution >= 0.6 is 0 Å². The molecule has 0 amide bonds. The average molecular weight is 467 g/mol. The lowest BCUT2D eigenvalue weighted by Crippen LogP contribution is -2.56. The van der Waals surface area contributed by atoms with Crippen LogP contribution in [0.5, 0.6) is 5.75 Å². The number of aryl methyl sites for hydroxylation is 1. The fourth-order valence-electron chi connectivity index (χ4n) is 4.64. The SMILES string of the molecule is Cc1ccc(OCC=O)c(C2CCC(OC[C@@H]3NCCC[C@@H]3NS(=O)(=O)C(C)C)CC2)c1. The second-order valence-corrected chi connectivity index (χ2v) is 11.6. The Hall–Kier alpha value is -1.48. The molecule has 8 heteroatoms. The van der Waals surface area contributed by atoms with E-state index in [2.05, 4.69) is 23.0 Å². The number of benzene rings is 1. The summed E-state index contributed by atoms with van der Waals surface area (Å²) in [6.45, 7) is 6.95. The van der Waals surface area contributed by atoms with Crippen LogP contribution in [0.4, 0.5) is 0 Å². The van der Waals surface area contributed by atoms with Crippen molar-refractivity contribution in [2.45, 2.75) is 88.7 Å². The van der Waals surface area contributed by atoms with Crippen LogP contribution in [0.15, 0.2) is 18.2 Å². The van der Waals surface area contributed by atoms with Crippen LogP contribution in [-0.4, -0.2) is 57.9 Å². The number of rotatable bonds is 10. The van der Waals surface area contributed by atoms with Crippen molar-refractivity contribution in [3.05, 3.63) is 29.3 Å². The van der Waals surface area contributed by atoms with Gasteiger partial charge in [0.2, 0.25) is 10.0 Å². The number of carbonyl (C=O) groups excluding carboxylic acids is 1. The van der Waals surface area contributed by atoms with Gasteiger partial charge in [-0.15, -0.1) is 0 Å². The van der Waals surface area contributed by atoms with Gasteiger partial charge in [0.25, 0.3) is 0 Å². The van der Waals surface area contributed by atoms with Gasteiger partial charge in [0.15, 0.2) is 6.29 Å². The van der Waals surface area contributed by atoms with Gasteiger partial charge in [0, 0.05) is 12.1 Å². The van der Waals surface area contributed by atoms with E-state index in [1.807, 2.05) is 12.1 Å². The van der Waals surface area contributed by atoms with Gasteiger partial charge >= 0.3 is 0 Å². The molecule has 3 rings (SSSR count). The highest BCUT2D eigenvalue weighted by Gasteiger charge is 2.31. The number of carbonyl (C=O) groups is 1. The first-order valence-corrected chi connectivity index (χ1v) is 13.4. The third-order valence-corrected chi connectivity index (χ3v) is 8.49. The highest BCUT2D eigenvalue weighted by atomic mass is 32.2. The molecular weight excluding hydrogens is 428 g/mol. The Morgan fingerprint density at radius 1 is 1.19 bits per heavy atom. The zero-order valence-electron chi connectivity index (χ0n) is 19.5. The van der Waals surface area contributed by atoms with Gasteiger partial charge in [-0.2, -0.15) is 0 Å². The molecule has 1 heterocycles. The summed E-state index contributed by atoms with van der Waals surface area (Å²) in [5.74, 6) is 1.20. The molecule has 1 aromatic carbocycles. The lowest BCUT2D eigenvalue weighted by atomic mass is 9.82. The van der Waals surface area contributed by atoms with Crippen LogP contribution in [0.2, 0.25) is 0 Å². The second-order valence-electron chi connectivity index (χ2n) is 9.35. The molecule has 2 fully saturated rings. The molecule has 2 N–H and O–H groups in total. The van der Waals surface area contributed by atoms with Crippen molar-refractivity contribution >= 4 is 16.3 Å². The van der Waals surface area contributed by atoms with E-state index in [0.29, 0.717) is 12.5 Å². The molecular formula is C24H38N2O5S. The van der Waals surface area contributed by atoms with Gasteiger partial charge in [0.05, 0.1) is 18.0 Å². The summed E-state index contributed by atoms with van der Waals surface area (Å²) < 4.78 is 39.4. The first kappa shape index (κ1) is 25.1. The van der Waals surface area contributed by atoms with E-state index >= 15 is 0 Å². The Labute approximate surface area is 192 Å². The molecule has 2 atom stereocenters. The number of hydrogen-bond donors (Lipinski definition) is 2. The third-order valence-electron chi connectivity index (χ3n) is 6.62. The van der Waals surface area contributed by atoms with Crippen molar-refractivity contribution in [2.75, 3.05) is 19.8 Å². The van der Waals surface area contributed by atoms with Crippen molar-refractivity contribution in [3.8, 4) is 5.75 Å². The van der Waals surface area contributed by atoms with Gasteiger partial charge in [-0.25, -0.2) is 13.1 Å². The van der Waals surface area contributed by atoms with E-state index < -0.39 is 15.3 Å². The molecule has 7 nitrogen and oxygen atoms in total. The van der Waals surface area contributed by atoms with Gasteiger partial charge in [0.1, 0.15) is 12.4 Å². The van der Waals surface area contributed by atoms with Crippen LogP contribution in [0.1, 0.15) is 69.4 Å². The number of ether oxygens (including phenoxy) is 2. The van der Waals surface area contributed by atoms with E-state index in [1.165, 1.54) is 11.1 Å². The zero-order chi connectivity index (χ0) is 23.1. The highest BCUT2D eigenvalue weighted by molar-refractivity contribution is 7.90. The van der Waals surface area contributed by atoms with Crippen molar-refractivity contribution < 1.29 is 22.7 Å². The summed E-state index contributed by atoms with van der Waals surface area (Å²) in [7, 11) is -3.31. The molecule has 0 radical (unpaired) electrons. The van der Waals surface area contributed by atoms with E-state index in [-0.39, 0.29) is 24.8 Å². The molecule has 2 aliphatic rings. The van der Waals surface area contributed by atoms with E-state index in [9.17, 15) is 13.2 Å². The Morgan fingerprint density at radius 3 is 2.62 bits per heavy atom. The van der Waals surface area contributed by atoms with Gasteiger partial charge in [-0.05, 0) is 83.4 Å². The second kappa shape index (κ2) is 11.6. The summed E-state index contributed by atoms with van der Waals surface area (Å²) in [4.78, 5) is 10.7. The fraction of sp³-hybridized carbons (Fsp3) is 0.708. The Kier molecular flexibility index (Phi) is 9.11. The van der Waals surface area contributed by atoms with Crippen molar-refractivity contribution in [3.63, 3.8) is 0 Å². The molecule has 1 saturated heterocycles. The van der Waals surface area contributed by atoms with Crippen LogP contribution < -0.4 is 14.8 Å². The molecule has 0 spiro atoms. The van der Waals surface area contributed by atoms with E-state index in [4.69, 9.17) is 9.47 Å². The summed E-state index contributed by atoms with van der Waals surface area (Å²) >= 11 is 0. The molecule has 0 aromatic heterocycles. The molecule has 32 heavy (non-hydrogen) atoms. The topological polar surface area (TPSA) is 93.7 Å². The zero-order valence-corrected chi connectivity index (χ0v) is 20.3.